The van der Waals surface area contributed by atoms with Crippen LogP contribution in [0.1, 0.15) is 65.2 Å². The minimum Gasteiger partial charge on any atom is -0.611 e. The molecule has 0 heterocycles. The minimum atomic E-state index is -2.24. The fourth-order valence-electron chi connectivity index (χ4n) is 2.87. The number of unbranched alkanes of at least 4 members (excludes halogenated alkanes) is 4. The molecule has 0 fully saturated rings. The van der Waals surface area contributed by atoms with Gasteiger partial charge in [0.15, 0.2) is 11.6 Å². The lowest BCUT2D eigenvalue weighted by Crippen LogP contribution is -2.21. The maximum absolute atomic E-state index is 14.3. The Balaban J connectivity index is 2.99. The first-order valence-corrected chi connectivity index (χ1v) is 11.3. The molecule has 0 saturated carbocycles. The second-order valence-electron chi connectivity index (χ2n) is 6.51. The Morgan fingerprint density at radius 2 is 1.50 bits per heavy atom. The molecule has 0 saturated heterocycles. The van der Waals surface area contributed by atoms with Crippen LogP contribution in [0.4, 0.5) is 17.6 Å². The van der Waals surface area contributed by atoms with E-state index in [1.54, 1.807) is 0 Å². The number of benzene rings is 1. The van der Waals surface area contributed by atoms with E-state index in [1.807, 2.05) is 6.92 Å². The third-order valence-corrected chi connectivity index (χ3v) is 6.62. The molecular weight excluding hydrogens is 420 g/mol. The minimum absolute atomic E-state index is 0.0530. The number of hydrogen-bond donors (Lipinski definition) is 1. The zero-order valence-corrected chi connectivity index (χ0v) is 17.6. The summed E-state index contributed by atoms with van der Waals surface area (Å²) in [6.07, 6.45) is 7.32. The van der Waals surface area contributed by atoms with E-state index in [2.05, 4.69) is 16.3 Å². The molecule has 1 aromatic rings. The molecular formula is C18H26F4O4S2. The first-order valence-electron chi connectivity index (χ1n) is 9.27. The quantitative estimate of drug-likeness (QED) is 0.0667. The zero-order chi connectivity index (χ0) is 21.1. The topological polar surface area (TPSA) is 61.8 Å². The molecule has 4 nitrogen and oxygen atoms in total. The van der Waals surface area contributed by atoms with Gasteiger partial charge >= 0.3 is 0 Å². The summed E-state index contributed by atoms with van der Waals surface area (Å²) >= 11 is -2.48. The molecule has 0 bridgehead atoms. The smallest absolute Gasteiger partial charge is 0.230 e. The van der Waals surface area contributed by atoms with Gasteiger partial charge in [0.2, 0.25) is 16.5 Å². The van der Waals surface area contributed by atoms with Gasteiger partial charge in [-0.25, -0.2) is 14.0 Å². The van der Waals surface area contributed by atoms with Crippen LogP contribution in [0.25, 0.3) is 0 Å². The van der Waals surface area contributed by atoms with E-state index < -0.39 is 44.2 Å². The lowest BCUT2D eigenvalue weighted by atomic mass is 9.97. The summed E-state index contributed by atoms with van der Waals surface area (Å²) in [5.41, 5.74) is 0. The highest BCUT2D eigenvalue weighted by molar-refractivity contribution is 7.94. The van der Waals surface area contributed by atoms with Crippen molar-refractivity contribution in [2.75, 3.05) is 5.75 Å². The molecule has 2 atom stereocenters. The molecule has 1 rings (SSSR count). The summed E-state index contributed by atoms with van der Waals surface area (Å²) in [4.78, 5) is -2.29. The van der Waals surface area contributed by atoms with Gasteiger partial charge in [0.25, 0.3) is 0 Å². The van der Waals surface area contributed by atoms with Gasteiger partial charge < -0.3 is 4.55 Å². The second-order valence-corrected chi connectivity index (χ2v) is 8.65. The van der Waals surface area contributed by atoms with Crippen molar-refractivity contribution in [2.45, 2.75) is 75.0 Å². The Labute approximate surface area is 170 Å². The van der Waals surface area contributed by atoms with Crippen molar-refractivity contribution in [3.8, 4) is 0 Å². The van der Waals surface area contributed by atoms with Gasteiger partial charge in [-0.3, -0.25) is 0 Å². The summed E-state index contributed by atoms with van der Waals surface area (Å²) in [5.74, 6) is -7.10. The lowest BCUT2D eigenvalue weighted by molar-refractivity contribution is -0.432. The molecule has 0 aliphatic carbocycles. The third kappa shape index (κ3) is 7.38. The van der Waals surface area contributed by atoms with Crippen molar-refractivity contribution in [1.82, 2.24) is 0 Å². The molecule has 0 aromatic heterocycles. The van der Waals surface area contributed by atoms with Gasteiger partial charge in [-0.05, 0) is 24.0 Å². The Morgan fingerprint density at radius 3 is 2.04 bits per heavy atom. The van der Waals surface area contributed by atoms with E-state index in [4.69, 9.17) is 5.26 Å². The molecule has 10 heteroatoms. The first kappa shape index (κ1) is 25.5. The highest BCUT2D eigenvalue weighted by Gasteiger charge is 2.34. The number of halogens is 4. The standard InChI is InChI=1S/C18H26F4O4S2/c1-3-5-7-8-10-12(9-6-4-2)11-28(24)18-15(21)13(19)17(27-26-25-23)14(20)16(18)22/h12,23H,3-11H2,1-2H3. The molecule has 0 radical (unpaired) electrons. The highest BCUT2D eigenvalue weighted by atomic mass is 32.2. The molecule has 28 heavy (non-hydrogen) atoms. The third-order valence-electron chi connectivity index (χ3n) is 4.38. The highest BCUT2D eigenvalue weighted by Crippen LogP contribution is 2.35. The number of rotatable bonds is 14. The van der Waals surface area contributed by atoms with Gasteiger partial charge in [0.05, 0.1) is 12.0 Å². The van der Waals surface area contributed by atoms with Crippen LogP contribution in [0.15, 0.2) is 9.79 Å². The van der Waals surface area contributed by atoms with E-state index in [-0.39, 0.29) is 23.7 Å². The normalized spacial score (nSPS) is 13.7. The van der Waals surface area contributed by atoms with Crippen molar-refractivity contribution in [3.05, 3.63) is 23.3 Å². The molecule has 1 N–H and O–H groups in total. The largest absolute Gasteiger partial charge is 0.611 e. The van der Waals surface area contributed by atoms with Crippen LogP contribution < -0.4 is 0 Å². The Morgan fingerprint density at radius 1 is 0.929 bits per heavy atom. The molecule has 1 aromatic carbocycles. The first-order chi connectivity index (χ1) is 13.4. The lowest BCUT2D eigenvalue weighted by Gasteiger charge is -2.20. The van der Waals surface area contributed by atoms with Crippen molar-refractivity contribution in [2.24, 2.45) is 5.92 Å². The Hall–Kier alpha value is -0.520. The van der Waals surface area contributed by atoms with Crippen molar-refractivity contribution in [1.29, 1.82) is 0 Å². The van der Waals surface area contributed by atoms with E-state index >= 15 is 0 Å². The fraction of sp³-hybridized carbons (Fsp3) is 0.667. The van der Waals surface area contributed by atoms with Gasteiger partial charge in [0, 0.05) is 5.92 Å². The molecule has 0 spiro atoms. The summed E-state index contributed by atoms with van der Waals surface area (Å²) < 4.78 is 73.1. The van der Waals surface area contributed by atoms with Crippen LogP contribution >= 0.6 is 12.0 Å². The van der Waals surface area contributed by atoms with Crippen LogP contribution in [-0.4, -0.2) is 15.6 Å². The summed E-state index contributed by atoms with van der Waals surface area (Å²) in [6.45, 7) is 4.09. The van der Waals surface area contributed by atoms with Gasteiger partial charge in [-0.1, -0.05) is 57.4 Å². The SMILES string of the molecule is CCCCCCC(CCCC)C[S+]([O-])c1c(F)c(F)c(SOOO)c(F)c1F. The predicted octanol–water partition coefficient (Wildman–Crippen LogP) is 6.56. The van der Waals surface area contributed by atoms with Crippen molar-refractivity contribution >= 4 is 23.2 Å². The van der Waals surface area contributed by atoms with Gasteiger partial charge in [-0.15, -0.1) is 4.33 Å². The fourth-order valence-corrected chi connectivity index (χ4v) is 4.81. The molecule has 162 valence electrons. The molecule has 0 aliphatic rings. The number of hydrogen-bond acceptors (Lipinski definition) is 5. The maximum atomic E-state index is 14.3. The van der Waals surface area contributed by atoms with Crippen LogP contribution in [0.2, 0.25) is 0 Å². The van der Waals surface area contributed by atoms with Crippen LogP contribution in [0, 0.1) is 29.2 Å². The van der Waals surface area contributed by atoms with Crippen molar-refractivity contribution in [3.63, 3.8) is 0 Å². The van der Waals surface area contributed by atoms with Gasteiger partial charge in [0.1, 0.15) is 10.6 Å². The van der Waals surface area contributed by atoms with Crippen LogP contribution in [0.5, 0.6) is 0 Å². The monoisotopic (exact) mass is 446 g/mol. The predicted molar refractivity (Wildman–Crippen MR) is 100.0 cm³/mol. The average molecular weight is 447 g/mol. The summed E-state index contributed by atoms with van der Waals surface area (Å²) in [6, 6.07) is 0. The van der Waals surface area contributed by atoms with Crippen LogP contribution in [0.3, 0.4) is 0 Å². The average Bonchev–Trinajstić information content (AvgIpc) is 2.67. The molecule has 0 amide bonds. The van der Waals surface area contributed by atoms with E-state index in [0.29, 0.717) is 0 Å². The molecule has 2 unspecified atom stereocenters. The maximum Gasteiger partial charge on any atom is 0.230 e. The van der Waals surface area contributed by atoms with Crippen LogP contribution in [-0.2, 0) is 20.5 Å². The Bertz CT molecular complexity index is 578. The Kier molecular flexibility index (Phi) is 12.4. The second kappa shape index (κ2) is 13.7. The summed E-state index contributed by atoms with van der Waals surface area (Å²) in [5, 5.41) is 11.2. The van der Waals surface area contributed by atoms with Gasteiger partial charge in [-0.2, -0.15) is 8.78 Å². The van der Waals surface area contributed by atoms with E-state index in [9.17, 15) is 22.1 Å². The summed E-state index contributed by atoms with van der Waals surface area (Å²) in [7, 11) is 0. The molecule has 0 aliphatic heterocycles. The van der Waals surface area contributed by atoms with E-state index in [0.717, 1.165) is 51.4 Å². The van der Waals surface area contributed by atoms with Crippen molar-refractivity contribution < 1.29 is 36.7 Å². The van der Waals surface area contributed by atoms with E-state index in [1.165, 1.54) is 0 Å². The zero-order valence-electron chi connectivity index (χ0n) is 15.9.